The number of fused-ring (bicyclic) bond motifs is 1. The van der Waals surface area contributed by atoms with E-state index < -0.39 is 0 Å². The second kappa shape index (κ2) is 8.83. The maximum atomic E-state index is 13.4. The van der Waals surface area contributed by atoms with Gasteiger partial charge in [0.15, 0.2) is 5.65 Å². The van der Waals surface area contributed by atoms with Crippen molar-refractivity contribution in [3.8, 4) is 0 Å². The Hall–Kier alpha value is -1.95. The Balaban J connectivity index is 1.88. The minimum absolute atomic E-state index is 0.107. The topological polar surface area (TPSA) is 54.3 Å². The third-order valence-electron chi connectivity index (χ3n) is 5.60. The van der Waals surface area contributed by atoms with E-state index in [0.717, 1.165) is 67.9 Å². The summed E-state index contributed by atoms with van der Waals surface area (Å²) in [5.74, 6) is 0.107. The minimum atomic E-state index is 0.107. The highest BCUT2D eigenvalue weighted by atomic mass is 16.2. The summed E-state index contributed by atoms with van der Waals surface area (Å²) in [5.41, 5.74) is 2.43. The van der Waals surface area contributed by atoms with Crippen molar-refractivity contribution < 1.29 is 4.79 Å². The van der Waals surface area contributed by atoms with Gasteiger partial charge >= 0.3 is 0 Å². The van der Waals surface area contributed by atoms with E-state index in [1.54, 1.807) is 0 Å². The number of pyridine rings is 1. The van der Waals surface area contributed by atoms with Gasteiger partial charge in [0.1, 0.15) is 0 Å². The molecule has 0 N–H and O–H groups in total. The summed E-state index contributed by atoms with van der Waals surface area (Å²) in [5, 5.41) is 5.41. The monoisotopic (exact) mass is 371 g/mol. The van der Waals surface area contributed by atoms with Crippen LogP contribution in [0, 0.1) is 6.92 Å². The van der Waals surface area contributed by atoms with E-state index >= 15 is 0 Å². The van der Waals surface area contributed by atoms with E-state index in [4.69, 9.17) is 0 Å². The van der Waals surface area contributed by atoms with Crippen LogP contribution in [0.5, 0.6) is 0 Å². The van der Waals surface area contributed by atoms with E-state index in [0.29, 0.717) is 0 Å². The Labute approximate surface area is 162 Å². The van der Waals surface area contributed by atoms with Crippen molar-refractivity contribution in [1.82, 2.24) is 24.6 Å². The van der Waals surface area contributed by atoms with Crippen LogP contribution in [-0.2, 0) is 0 Å². The van der Waals surface area contributed by atoms with Gasteiger partial charge in [-0.05, 0) is 58.7 Å². The van der Waals surface area contributed by atoms with Gasteiger partial charge in [0.25, 0.3) is 5.91 Å². The molecule has 6 nitrogen and oxygen atoms in total. The molecule has 3 rings (SSSR count). The number of carbonyl (C=O) groups excluding carboxylic acids is 1. The van der Waals surface area contributed by atoms with Gasteiger partial charge in [0.2, 0.25) is 0 Å². The first-order chi connectivity index (χ1) is 13.0. The fourth-order valence-corrected chi connectivity index (χ4v) is 3.84. The molecular formula is C21H33N5O. The highest BCUT2D eigenvalue weighted by Crippen LogP contribution is 2.23. The van der Waals surface area contributed by atoms with Crippen LogP contribution in [-0.4, -0.2) is 63.2 Å². The minimum Gasteiger partial charge on any atom is -0.337 e. The molecule has 1 saturated heterocycles. The van der Waals surface area contributed by atoms with Gasteiger partial charge in [-0.1, -0.05) is 13.8 Å². The van der Waals surface area contributed by atoms with Crippen LogP contribution in [0.15, 0.2) is 12.3 Å². The summed E-state index contributed by atoms with van der Waals surface area (Å²) in [7, 11) is 0. The lowest BCUT2D eigenvalue weighted by Gasteiger charge is -2.25. The average Bonchev–Trinajstić information content (AvgIpc) is 3.33. The smallest absolute Gasteiger partial charge is 0.254 e. The van der Waals surface area contributed by atoms with Crippen LogP contribution >= 0.6 is 0 Å². The Kier molecular flexibility index (Phi) is 6.47. The third kappa shape index (κ3) is 4.32. The molecule has 1 aliphatic heterocycles. The molecule has 27 heavy (non-hydrogen) atoms. The first kappa shape index (κ1) is 19.8. The van der Waals surface area contributed by atoms with Gasteiger partial charge in [-0.15, -0.1) is 0 Å². The molecule has 1 amide bonds. The number of rotatable bonds is 8. The maximum absolute atomic E-state index is 13.4. The van der Waals surface area contributed by atoms with Crippen molar-refractivity contribution in [2.75, 3.05) is 32.7 Å². The Bertz CT molecular complexity index is 778. The number of nitrogens with zero attached hydrogens (tertiary/aromatic N) is 5. The largest absolute Gasteiger partial charge is 0.337 e. The molecule has 1 fully saturated rings. The van der Waals surface area contributed by atoms with Gasteiger partial charge < -0.3 is 9.80 Å². The van der Waals surface area contributed by atoms with Crippen LogP contribution in [0.3, 0.4) is 0 Å². The summed E-state index contributed by atoms with van der Waals surface area (Å²) >= 11 is 0. The Morgan fingerprint density at radius 1 is 1.26 bits per heavy atom. The quantitative estimate of drug-likeness (QED) is 0.711. The molecule has 6 heteroatoms. The molecule has 1 aliphatic rings. The lowest BCUT2D eigenvalue weighted by atomic mass is 10.1. The van der Waals surface area contributed by atoms with Gasteiger partial charge in [-0.2, -0.15) is 5.10 Å². The zero-order valence-corrected chi connectivity index (χ0v) is 17.2. The maximum Gasteiger partial charge on any atom is 0.254 e. The molecule has 1 unspecified atom stereocenters. The molecule has 2 aromatic rings. The zero-order valence-electron chi connectivity index (χ0n) is 17.2. The first-order valence-electron chi connectivity index (χ1n) is 10.4. The number of aryl methyl sites for hydroxylation is 1. The van der Waals surface area contributed by atoms with Crippen LogP contribution in [0.2, 0.25) is 0 Å². The normalized spacial score (nSPS) is 16.1. The standard InChI is InChI=1S/C21H33N5O/c1-5-9-25(13-12-24-10-7-8-11-24)21(27)18-14-16(3)23-20-19(18)15-22-26(20)17(4)6-2/h14-15,17H,5-13H2,1-4H3. The molecule has 0 bridgehead atoms. The van der Waals surface area contributed by atoms with Crippen molar-refractivity contribution in [2.24, 2.45) is 0 Å². The number of likely N-dealkylation sites (tertiary alicyclic amines) is 1. The Morgan fingerprint density at radius 2 is 2.00 bits per heavy atom. The third-order valence-corrected chi connectivity index (χ3v) is 5.60. The van der Waals surface area contributed by atoms with Gasteiger partial charge in [-0.3, -0.25) is 4.79 Å². The summed E-state index contributed by atoms with van der Waals surface area (Å²) in [6, 6.07) is 2.19. The van der Waals surface area contributed by atoms with Crippen LogP contribution < -0.4 is 0 Å². The molecule has 1 atom stereocenters. The van der Waals surface area contributed by atoms with Crippen molar-refractivity contribution >= 4 is 16.9 Å². The van der Waals surface area contributed by atoms with Crippen LogP contribution in [0.25, 0.3) is 11.0 Å². The van der Waals surface area contributed by atoms with E-state index in [-0.39, 0.29) is 11.9 Å². The Morgan fingerprint density at radius 3 is 2.67 bits per heavy atom. The van der Waals surface area contributed by atoms with Crippen molar-refractivity contribution in [3.63, 3.8) is 0 Å². The lowest BCUT2D eigenvalue weighted by Crippen LogP contribution is -2.38. The van der Waals surface area contributed by atoms with Crippen LogP contribution in [0.1, 0.15) is 68.5 Å². The van der Waals surface area contributed by atoms with E-state index in [1.165, 1.54) is 12.8 Å². The van der Waals surface area contributed by atoms with Crippen molar-refractivity contribution in [2.45, 2.75) is 59.4 Å². The highest BCUT2D eigenvalue weighted by Gasteiger charge is 2.22. The fraction of sp³-hybridized carbons (Fsp3) is 0.667. The van der Waals surface area contributed by atoms with Gasteiger partial charge in [0, 0.05) is 25.3 Å². The van der Waals surface area contributed by atoms with Crippen LogP contribution in [0.4, 0.5) is 0 Å². The van der Waals surface area contributed by atoms with E-state index in [2.05, 4.69) is 35.8 Å². The molecule has 0 saturated carbocycles. The molecule has 2 aromatic heterocycles. The van der Waals surface area contributed by atoms with E-state index in [9.17, 15) is 4.79 Å². The first-order valence-corrected chi connectivity index (χ1v) is 10.4. The summed E-state index contributed by atoms with van der Waals surface area (Å²) in [6.07, 6.45) is 6.31. The molecule has 0 spiro atoms. The number of hydrogen-bond donors (Lipinski definition) is 0. The molecule has 0 aliphatic carbocycles. The molecule has 148 valence electrons. The molecular weight excluding hydrogens is 338 g/mol. The molecule has 0 radical (unpaired) electrons. The van der Waals surface area contributed by atoms with Crippen molar-refractivity contribution in [1.29, 1.82) is 0 Å². The molecule has 3 heterocycles. The zero-order chi connectivity index (χ0) is 19.4. The highest BCUT2D eigenvalue weighted by molar-refractivity contribution is 6.05. The average molecular weight is 372 g/mol. The predicted molar refractivity (Wildman–Crippen MR) is 109 cm³/mol. The van der Waals surface area contributed by atoms with Gasteiger partial charge in [0.05, 0.1) is 23.2 Å². The summed E-state index contributed by atoms with van der Waals surface area (Å²) in [4.78, 5) is 22.6. The number of aromatic nitrogens is 3. The fourth-order valence-electron chi connectivity index (χ4n) is 3.84. The summed E-state index contributed by atoms with van der Waals surface area (Å²) < 4.78 is 1.95. The number of hydrogen-bond acceptors (Lipinski definition) is 4. The van der Waals surface area contributed by atoms with Gasteiger partial charge in [-0.25, -0.2) is 9.67 Å². The van der Waals surface area contributed by atoms with Crippen molar-refractivity contribution in [3.05, 3.63) is 23.5 Å². The van der Waals surface area contributed by atoms with E-state index in [1.807, 2.05) is 28.8 Å². The second-order valence-electron chi connectivity index (χ2n) is 7.74. The predicted octanol–water partition coefficient (Wildman–Crippen LogP) is 3.66. The second-order valence-corrected chi connectivity index (χ2v) is 7.74. The lowest BCUT2D eigenvalue weighted by molar-refractivity contribution is 0.0742. The number of carbonyl (C=O) groups is 1. The number of amides is 1. The summed E-state index contributed by atoms with van der Waals surface area (Å²) in [6.45, 7) is 13.2. The SMILES string of the molecule is CCCN(CCN1CCCC1)C(=O)c1cc(C)nc2c1cnn2C(C)CC. The molecule has 0 aromatic carbocycles.